The Labute approximate surface area is 125 Å². The van der Waals surface area contributed by atoms with Crippen LogP contribution in [0.1, 0.15) is 26.3 Å². The quantitative estimate of drug-likeness (QED) is 0.467. The molecular formula is C16H16F4O2. The second kappa shape index (κ2) is 5.41. The third-order valence-electron chi connectivity index (χ3n) is 4.06. The van der Waals surface area contributed by atoms with Gasteiger partial charge in [0.25, 0.3) is 0 Å². The highest BCUT2D eigenvalue weighted by molar-refractivity contribution is 5.78. The van der Waals surface area contributed by atoms with Crippen molar-refractivity contribution in [2.45, 2.75) is 26.9 Å². The summed E-state index contributed by atoms with van der Waals surface area (Å²) >= 11 is 0. The van der Waals surface area contributed by atoms with E-state index in [1.54, 1.807) is 32.9 Å². The number of esters is 1. The van der Waals surface area contributed by atoms with E-state index in [9.17, 15) is 22.4 Å². The first-order valence-electron chi connectivity index (χ1n) is 6.81. The van der Waals surface area contributed by atoms with Crippen LogP contribution in [0.5, 0.6) is 0 Å². The Morgan fingerprint density at radius 3 is 2.55 bits per heavy atom. The summed E-state index contributed by atoms with van der Waals surface area (Å²) in [6.45, 7) is 5.27. The van der Waals surface area contributed by atoms with E-state index in [-0.39, 0.29) is 5.92 Å². The SMILES string of the molecule is CC=CC1C(C(=O)OC(F)(F)c2cccc(F)c2F)C1(C)C. The molecule has 2 nitrogen and oxygen atoms in total. The van der Waals surface area contributed by atoms with Crippen LogP contribution in [0, 0.1) is 28.9 Å². The summed E-state index contributed by atoms with van der Waals surface area (Å²) in [4.78, 5) is 11.9. The van der Waals surface area contributed by atoms with E-state index >= 15 is 0 Å². The number of benzene rings is 1. The molecule has 6 heteroatoms. The number of carbonyl (C=O) groups is 1. The third kappa shape index (κ3) is 2.74. The maximum absolute atomic E-state index is 13.9. The van der Waals surface area contributed by atoms with Crippen LogP contribution in [0.25, 0.3) is 0 Å². The summed E-state index contributed by atoms with van der Waals surface area (Å²) < 4.78 is 58.5. The van der Waals surface area contributed by atoms with Gasteiger partial charge in [-0.05, 0) is 30.4 Å². The Morgan fingerprint density at radius 2 is 1.95 bits per heavy atom. The fourth-order valence-corrected chi connectivity index (χ4v) is 2.67. The summed E-state index contributed by atoms with van der Waals surface area (Å²) in [6.07, 6.45) is -0.751. The number of halogens is 4. The molecule has 1 aromatic carbocycles. The highest BCUT2D eigenvalue weighted by Gasteiger charge is 2.62. The highest BCUT2D eigenvalue weighted by Crippen LogP contribution is 2.60. The molecular weight excluding hydrogens is 300 g/mol. The van der Waals surface area contributed by atoms with Crippen molar-refractivity contribution in [2.24, 2.45) is 17.3 Å². The number of carbonyl (C=O) groups excluding carboxylic acids is 1. The smallest absolute Gasteiger partial charge is 0.397 e. The van der Waals surface area contributed by atoms with Crippen molar-refractivity contribution < 1.29 is 27.1 Å². The second-order valence-corrected chi connectivity index (χ2v) is 5.89. The average Bonchev–Trinajstić information content (AvgIpc) is 2.94. The molecule has 1 saturated carbocycles. The molecule has 0 amide bonds. The van der Waals surface area contributed by atoms with E-state index in [1.807, 2.05) is 0 Å². The molecule has 0 radical (unpaired) electrons. The summed E-state index contributed by atoms with van der Waals surface area (Å²) in [7, 11) is 0. The Morgan fingerprint density at radius 1 is 1.32 bits per heavy atom. The van der Waals surface area contributed by atoms with Crippen LogP contribution in [-0.4, -0.2) is 5.97 Å². The van der Waals surface area contributed by atoms with Gasteiger partial charge < -0.3 is 4.74 Å². The first kappa shape index (κ1) is 16.5. The summed E-state index contributed by atoms with van der Waals surface area (Å²) in [6, 6.07) is 2.33. The van der Waals surface area contributed by atoms with Gasteiger partial charge in [-0.15, -0.1) is 0 Å². The zero-order valence-corrected chi connectivity index (χ0v) is 12.4. The van der Waals surface area contributed by atoms with E-state index < -0.39 is 40.6 Å². The van der Waals surface area contributed by atoms with Crippen molar-refractivity contribution in [3.8, 4) is 0 Å². The van der Waals surface area contributed by atoms with E-state index in [2.05, 4.69) is 4.74 Å². The van der Waals surface area contributed by atoms with Gasteiger partial charge in [0.05, 0.1) is 5.92 Å². The molecule has 0 N–H and O–H groups in total. The first-order valence-corrected chi connectivity index (χ1v) is 6.81. The van der Waals surface area contributed by atoms with Crippen molar-refractivity contribution >= 4 is 5.97 Å². The molecule has 1 fully saturated rings. The normalized spacial score (nSPS) is 23.6. The van der Waals surface area contributed by atoms with Gasteiger partial charge in [0, 0.05) is 0 Å². The lowest BCUT2D eigenvalue weighted by atomic mass is 10.1. The van der Waals surface area contributed by atoms with Crippen LogP contribution >= 0.6 is 0 Å². The molecule has 0 saturated heterocycles. The monoisotopic (exact) mass is 316 g/mol. The number of ether oxygens (including phenoxy) is 1. The molecule has 1 aliphatic rings. The highest BCUT2D eigenvalue weighted by atomic mass is 19.3. The summed E-state index contributed by atoms with van der Waals surface area (Å²) in [5.41, 5.74) is -1.79. The molecule has 1 aliphatic carbocycles. The van der Waals surface area contributed by atoms with E-state index in [1.165, 1.54) is 0 Å². The van der Waals surface area contributed by atoms with Crippen LogP contribution in [-0.2, 0) is 15.6 Å². The van der Waals surface area contributed by atoms with E-state index in [0.29, 0.717) is 12.1 Å². The van der Waals surface area contributed by atoms with Crippen LogP contribution in [0.4, 0.5) is 17.6 Å². The molecule has 0 aliphatic heterocycles. The number of alkyl halides is 2. The van der Waals surface area contributed by atoms with Crippen LogP contribution in [0.15, 0.2) is 30.4 Å². The lowest BCUT2D eigenvalue weighted by Crippen LogP contribution is -2.26. The predicted octanol–water partition coefficient (Wildman–Crippen LogP) is 4.41. The molecule has 1 aromatic rings. The molecule has 0 heterocycles. The first-order chi connectivity index (χ1) is 10.1. The topological polar surface area (TPSA) is 26.3 Å². The minimum absolute atomic E-state index is 0.210. The zero-order valence-electron chi connectivity index (χ0n) is 12.4. The van der Waals surface area contributed by atoms with E-state index in [4.69, 9.17) is 0 Å². The molecule has 22 heavy (non-hydrogen) atoms. The minimum atomic E-state index is -4.22. The van der Waals surface area contributed by atoms with Crippen molar-refractivity contribution in [3.63, 3.8) is 0 Å². The van der Waals surface area contributed by atoms with Gasteiger partial charge in [-0.1, -0.05) is 32.1 Å². The van der Waals surface area contributed by atoms with Crippen molar-refractivity contribution in [2.75, 3.05) is 0 Å². The zero-order chi connectivity index (χ0) is 16.7. The molecule has 0 spiro atoms. The van der Waals surface area contributed by atoms with Crippen LogP contribution in [0.3, 0.4) is 0 Å². The Hall–Kier alpha value is -1.85. The third-order valence-corrected chi connectivity index (χ3v) is 4.06. The predicted molar refractivity (Wildman–Crippen MR) is 71.9 cm³/mol. The molecule has 0 bridgehead atoms. The van der Waals surface area contributed by atoms with Gasteiger partial charge in [0.15, 0.2) is 11.6 Å². The van der Waals surface area contributed by atoms with Crippen molar-refractivity contribution in [1.82, 2.24) is 0 Å². The maximum atomic E-state index is 13.9. The Kier molecular flexibility index (Phi) is 4.06. The molecule has 0 aromatic heterocycles. The fraction of sp³-hybridized carbons (Fsp3) is 0.438. The van der Waals surface area contributed by atoms with Gasteiger partial charge in [-0.2, -0.15) is 8.78 Å². The summed E-state index contributed by atoms with van der Waals surface area (Å²) in [5.74, 6) is -5.21. The van der Waals surface area contributed by atoms with Crippen LogP contribution in [0.2, 0.25) is 0 Å². The van der Waals surface area contributed by atoms with Gasteiger partial charge in [-0.25, -0.2) is 8.78 Å². The second-order valence-electron chi connectivity index (χ2n) is 5.89. The number of allylic oxidation sites excluding steroid dienone is 2. The van der Waals surface area contributed by atoms with Gasteiger partial charge >= 0.3 is 12.1 Å². The standard InChI is InChI=1S/C16H16F4O2/c1-4-6-9-12(15(9,2)3)14(21)22-16(19,20)10-7-5-8-11(17)13(10)18/h4-9,12H,1-3H3. The van der Waals surface area contributed by atoms with Crippen LogP contribution < -0.4 is 0 Å². The number of rotatable bonds is 4. The minimum Gasteiger partial charge on any atom is -0.397 e. The fourth-order valence-electron chi connectivity index (χ4n) is 2.67. The average molecular weight is 316 g/mol. The van der Waals surface area contributed by atoms with Gasteiger partial charge in [0.1, 0.15) is 5.56 Å². The van der Waals surface area contributed by atoms with Gasteiger partial charge in [-0.3, -0.25) is 4.79 Å². The number of hydrogen-bond donors (Lipinski definition) is 0. The Bertz CT molecular complexity index is 623. The summed E-state index contributed by atoms with van der Waals surface area (Å²) in [5, 5.41) is 0. The van der Waals surface area contributed by atoms with Gasteiger partial charge in [0.2, 0.25) is 0 Å². The van der Waals surface area contributed by atoms with Crippen molar-refractivity contribution in [3.05, 3.63) is 47.5 Å². The Balaban J connectivity index is 2.19. The maximum Gasteiger partial charge on any atom is 0.431 e. The lowest BCUT2D eigenvalue weighted by Gasteiger charge is -2.18. The number of hydrogen-bond acceptors (Lipinski definition) is 2. The molecule has 2 atom stereocenters. The molecule has 2 unspecified atom stereocenters. The largest absolute Gasteiger partial charge is 0.431 e. The lowest BCUT2D eigenvalue weighted by molar-refractivity contribution is -0.243. The van der Waals surface area contributed by atoms with Crippen molar-refractivity contribution in [1.29, 1.82) is 0 Å². The molecule has 120 valence electrons. The van der Waals surface area contributed by atoms with E-state index in [0.717, 1.165) is 6.07 Å². The molecule has 2 rings (SSSR count).